The Labute approximate surface area is 133 Å². The zero-order valence-corrected chi connectivity index (χ0v) is 12.3. The fraction of sp³-hybridized carbons (Fsp3) is 0.250. The maximum Gasteiger partial charge on any atom is 0.356 e. The molecule has 0 aliphatic carbocycles. The molecule has 7 nitrogen and oxygen atoms in total. The number of hydrogen-bond donors (Lipinski definition) is 2. The summed E-state index contributed by atoms with van der Waals surface area (Å²) in [5, 5.41) is 11.8. The Kier molecular flexibility index (Phi) is 4.18. The molecule has 23 heavy (non-hydrogen) atoms. The summed E-state index contributed by atoms with van der Waals surface area (Å²) < 4.78 is 0. The van der Waals surface area contributed by atoms with Crippen molar-refractivity contribution in [3.05, 3.63) is 54.0 Å². The second kappa shape index (κ2) is 6.43. The van der Waals surface area contributed by atoms with Crippen molar-refractivity contribution in [3.8, 4) is 0 Å². The van der Waals surface area contributed by atoms with Crippen LogP contribution in [-0.4, -0.2) is 44.4 Å². The molecule has 0 spiro atoms. The average Bonchev–Trinajstić information content (AvgIpc) is 2.90. The number of aromatic nitrogens is 2. The zero-order valence-electron chi connectivity index (χ0n) is 12.3. The number of carboxylic acid groups (broad SMARTS) is 1. The average molecular weight is 312 g/mol. The number of aromatic carboxylic acids is 1. The highest BCUT2D eigenvalue weighted by molar-refractivity contribution is 5.87. The van der Waals surface area contributed by atoms with E-state index in [1.54, 1.807) is 4.90 Å². The molecule has 0 radical (unpaired) electrons. The summed E-state index contributed by atoms with van der Waals surface area (Å²) in [4.78, 5) is 32.7. The fourth-order valence-corrected chi connectivity index (χ4v) is 2.53. The Morgan fingerprint density at radius 2 is 2.04 bits per heavy atom. The first-order valence-electron chi connectivity index (χ1n) is 7.28. The van der Waals surface area contributed by atoms with Crippen molar-refractivity contribution in [2.75, 3.05) is 11.9 Å². The highest BCUT2D eigenvalue weighted by Gasteiger charge is 2.31. The quantitative estimate of drug-likeness (QED) is 0.866. The topological polar surface area (TPSA) is 95.4 Å². The van der Waals surface area contributed by atoms with Gasteiger partial charge in [0.25, 0.3) is 0 Å². The first kappa shape index (κ1) is 15.0. The molecule has 1 amide bonds. The lowest BCUT2D eigenvalue weighted by atomic mass is 10.2. The standard InChI is InChI=1S/C16H16N4O3/c21-15-12(19-14-9-17-13(8-18-14)16(22)23)6-7-20(15)10-11-4-2-1-3-5-11/h1-5,8-9,12H,6-7,10H2,(H,18,19)(H,22,23). The number of nitrogens with zero attached hydrogens (tertiary/aromatic N) is 3. The van der Waals surface area contributed by atoms with Crippen LogP contribution in [0.1, 0.15) is 22.5 Å². The third-order valence-electron chi connectivity index (χ3n) is 3.71. The minimum atomic E-state index is -1.13. The number of rotatable bonds is 5. The van der Waals surface area contributed by atoms with Crippen LogP contribution in [0.4, 0.5) is 5.82 Å². The van der Waals surface area contributed by atoms with Crippen molar-refractivity contribution in [1.29, 1.82) is 0 Å². The SMILES string of the molecule is O=C(O)c1cnc(NC2CCN(Cc3ccccc3)C2=O)cn1. The van der Waals surface area contributed by atoms with Crippen LogP contribution >= 0.6 is 0 Å². The molecule has 0 bridgehead atoms. The van der Waals surface area contributed by atoms with Crippen molar-refractivity contribution < 1.29 is 14.7 Å². The molecule has 3 rings (SSSR count). The second-order valence-corrected chi connectivity index (χ2v) is 5.32. The molecule has 1 atom stereocenters. The molecule has 1 aliphatic heterocycles. The van der Waals surface area contributed by atoms with E-state index < -0.39 is 5.97 Å². The molecule has 118 valence electrons. The summed E-state index contributed by atoms with van der Waals surface area (Å²) in [6.45, 7) is 1.26. The van der Waals surface area contributed by atoms with Crippen molar-refractivity contribution in [1.82, 2.24) is 14.9 Å². The third kappa shape index (κ3) is 3.45. The summed E-state index contributed by atoms with van der Waals surface area (Å²) in [7, 11) is 0. The smallest absolute Gasteiger partial charge is 0.356 e. The molecule has 2 heterocycles. The maximum atomic E-state index is 12.4. The van der Waals surface area contributed by atoms with Gasteiger partial charge >= 0.3 is 5.97 Å². The van der Waals surface area contributed by atoms with Gasteiger partial charge in [-0.2, -0.15) is 0 Å². The first-order chi connectivity index (χ1) is 11.1. The summed E-state index contributed by atoms with van der Waals surface area (Å²) in [6.07, 6.45) is 3.18. The van der Waals surface area contributed by atoms with Crippen LogP contribution in [0.5, 0.6) is 0 Å². The van der Waals surface area contributed by atoms with Gasteiger partial charge in [-0.15, -0.1) is 0 Å². The molecule has 1 unspecified atom stereocenters. The number of likely N-dealkylation sites (tertiary alicyclic amines) is 1. The Morgan fingerprint density at radius 3 is 2.70 bits per heavy atom. The minimum Gasteiger partial charge on any atom is -0.476 e. The molecule has 1 aliphatic rings. The van der Waals surface area contributed by atoms with Crippen LogP contribution in [-0.2, 0) is 11.3 Å². The van der Waals surface area contributed by atoms with Crippen molar-refractivity contribution >= 4 is 17.7 Å². The van der Waals surface area contributed by atoms with Crippen LogP contribution in [0, 0.1) is 0 Å². The lowest BCUT2D eigenvalue weighted by Crippen LogP contribution is -2.33. The summed E-state index contributed by atoms with van der Waals surface area (Å²) in [6, 6.07) is 9.47. The summed E-state index contributed by atoms with van der Waals surface area (Å²) in [5.74, 6) is -0.720. The van der Waals surface area contributed by atoms with Gasteiger partial charge in [-0.25, -0.2) is 14.8 Å². The highest BCUT2D eigenvalue weighted by Crippen LogP contribution is 2.18. The zero-order chi connectivity index (χ0) is 16.2. The predicted octanol–water partition coefficient (Wildman–Crippen LogP) is 1.39. The van der Waals surface area contributed by atoms with Crippen LogP contribution in [0.25, 0.3) is 0 Å². The van der Waals surface area contributed by atoms with E-state index in [0.29, 0.717) is 25.3 Å². The van der Waals surface area contributed by atoms with Crippen LogP contribution in [0.15, 0.2) is 42.7 Å². The Balaban J connectivity index is 1.61. The van der Waals surface area contributed by atoms with E-state index in [2.05, 4.69) is 15.3 Å². The van der Waals surface area contributed by atoms with Crippen molar-refractivity contribution in [2.24, 2.45) is 0 Å². The number of benzene rings is 1. The number of carbonyl (C=O) groups is 2. The first-order valence-corrected chi connectivity index (χ1v) is 7.28. The number of nitrogens with one attached hydrogen (secondary N) is 1. The van der Waals surface area contributed by atoms with Gasteiger partial charge < -0.3 is 15.3 Å². The molecular weight excluding hydrogens is 296 g/mol. The van der Waals surface area contributed by atoms with Gasteiger partial charge in [0.2, 0.25) is 5.91 Å². The largest absolute Gasteiger partial charge is 0.476 e. The van der Waals surface area contributed by atoms with Gasteiger partial charge in [-0.3, -0.25) is 4.79 Å². The molecule has 7 heteroatoms. The number of amides is 1. The molecule has 2 aromatic rings. The Morgan fingerprint density at radius 1 is 1.26 bits per heavy atom. The van der Waals surface area contributed by atoms with Crippen molar-refractivity contribution in [2.45, 2.75) is 19.0 Å². The maximum absolute atomic E-state index is 12.4. The number of carbonyl (C=O) groups excluding carboxylic acids is 1. The van der Waals surface area contributed by atoms with Crippen LogP contribution in [0.3, 0.4) is 0 Å². The van der Waals surface area contributed by atoms with Gasteiger partial charge in [0, 0.05) is 13.1 Å². The minimum absolute atomic E-state index is 0.0120. The monoisotopic (exact) mass is 312 g/mol. The lowest BCUT2D eigenvalue weighted by Gasteiger charge is -2.17. The van der Waals surface area contributed by atoms with Crippen LogP contribution < -0.4 is 5.32 Å². The highest BCUT2D eigenvalue weighted by atomic mass is 16.4. The summed E-state index contributed by atoms with van der Waals surface area (Å²) >= 11 is 0. The molecule has 2 N–H and O–H groups in total. The second-order valence-electron chi connectivity index (χ2n) is 5.32. The number of hydrogen-bond acceptors (Lipinski definition) is 5. The van der Waals surface area contributed by atoms with E-state index >= 15 is 0 Å². The van der Waals surface area contributed by atoms with E-state index in [1.165, 1.54) is 12.4 Å². The van der Waals surface area contributed by atoms with Crippen LogP contribution in [0.2, 0.25) is 0 Å². The van der Waals surface area contributed by atoms with Crippen molar-refractivity contribution in [3.63, 3.8) is 0 Å². The van der Waals surface area contributed by atoms with Gasteiger partial charge in [0.1, 0.15) is 11.9 Å². The van der Waals surface area contributed by atoms with Gasteiger partial charge in [0.05, 0.1) is 12.4 Å². The van der Waals surface area contributed by atoms with E-state index in [1.807, 2.05) is 30.3 Å². The lowest BCUT2D eigenvalue weighted by molar-refractivity contribution is -0.128. The Bertz CT molecular complexity index is 703. The van der Waals surface area contributed by atoms with Gasteiger partial charge in [0.15, 0.2) is 5.69 Å². The Hall–Kier alpha value is -2.96. The van der Waals surface area contributed by atoms with E-state index in [0.717, 1.165) is 5.56 Å². The molecule has 1 aromatic heterocycles. The number of carboxylic acids is 1. The summed E-state index contributed by atoms with van der Waals surface area (Å²) in [5.41, 5.74) is 0.964. The predicted molar refractivity (Wildman–Crippen MR) is 82.9 cm³/mol. The number of anilines is 1. The van der Waals surface area contributed by atoms with E-state index in [9.17, 15) is 9.59 Å². The molecule has 1 fully saturated rings. The van der Waals surface area contributed by atoms with E-state index in [-0.39, 0.29) is 17.6 Å². The van der Waals surface area contributed by atoms with Gasteiger partial charge in [-0.1, -0.05) is 30.3 Å². The fourth-order valence-electron chi connectivity index (χ4n) is 2.53. The molecule has 1 aromatic carbocycles. The molecule has 1 saturated heterocycles. The third-order valence-corrected chi connectivity index (χ3v) is 3.71. The molecule has 0 saturated carbocycles. The van der Waals surface area contributed by atoms with Gasteiger partial charge in [-0.05, 0) is 12.0 Å². The van der Waals surface area contributed by atoms with E-state index in [4.69, 9.17) is 5.11 Å². The normalized spacial score (nSPS) is 17.3. The molecular formula is C16H16N4O3.